The van der Waals surface area contributed by atoms with E-state index in [4.69, 9.17) is 0 Å². The molecule has 0 saturated carbocycles. The van der Waals surface area contributed by atoms with Crippen LogP contribution in [0.5, 0.6) is 0 Å². The highest BCUT2D eigenvalue weighted by molar-refractivity contribution is 7.92. The van der Waals surface area contributed by atoms with Crippen molar-refractivity contribution in [3.8, 4) is 0 Å². The Labute approximate surface area is 199 Å². The van der Waals surface area contributed by atoms with Crippen molar-refractivity contribution >= 4 is 37.3 Å². The van der Waals surface area contributed by atoms with Crippen LogP contribution in [0, 0.1) is 0 Å². The zero-order chi connectivity index (χ0) is 24.5. The first-order chi connectivity index (χ1) is 16.1. The first-order valence-corrected chi connectivity index (χ1v) is 13.5. The number of rotatable bonds is 6. The molecule has 0 fully saturated rings. The summed E-state index contributed by atoms with van der Waals surface area (Å²) in [6, 6.07) is 19.2. The van der Waals surface area contributed by atoms with E-state index in [1.807, 2.05) is 0 Å². The Bertz CT molecular complexity index is 1420. The minimum absolute atomic E-state index is 0.0996. The number of nitrogens with zero attached hydrogens (tertiary/aromatic N) is 2. The lowest BCUT2D eigenvalue weighted by atomic mass is 10.0. The fourth-order valence-corrected chi connectivity index (χ4v) is 6.27. The van der Waals surface area contributed by atoms with Crippen LogP contribution in [0.2, 0.25) is 0 Å². The Morgan fingerprint density at radius 2 is 1.56 bits per heavy atom. The smallest absolute Gasteiger partial charge is 0.264 e. The molecule has 0 bridgehead atoms. The van der Waals surface area contributed by atoms with Crippen LogP contribution in [0.25, 0.3) is 0 Å². The number of anilines is 2. The molecule has 0 radical (unpaired) electrons. The van der Waals surface area contributed by atoms with Gasteiger partial charge in [-0.2, -0.15) is 0 Å². The van der Waals surface area contributed by atoms with Crippen molar-refractivity contribution in [1.29, 1.82) is 0 Å². The number of benzene rings is 3. The molecule has 4 rings (SSSR count). The van der Waals surface area contributed by atoms with Crippen LogP contribution < -0.4 is 9.62 Å². The molecule has 178 valence electrons. The summed E-state index contributed by atoms with van der Waals surface area (Å²) in [6.45, 7) is 0.387. The van der Waals surface area contributed by atoms with E-state index in [9.17, 15) is 21.6 Å². The molecule has 1 N–H and O–H groups in total. The van der Waals surface area contributed by atoms with Gasteiger partial charge < -0.3 is 5.32 Å². The molecular weight excluding hydrogens is 474 g/mol. The van der Waals surface area contributed by atoms with Crippen molar-refractivity contribution in [1.82, 2.24) is 4.31 Å². The molecule has 1 aliphatic rings. The van der Waals surface area contributed by atoms with Crippen LogP contribution in [-0.2, 0) is 26.5 Å². The molecule has 0 atom stereocenters. The van der Waals surface area contributed by atoms with Gasteiger partial charge >= 0.3 is 0 Å². The van der Waals surface area contributed by atoms with E-state index in [0.29, 0.717) is 36.3 Å². The maximum Gasteiger partial charge on any atom is 0.264 e. The molecule has 3 aromatic rings. The molecule has 0 saturated heterocycles. The number of nitrogens with one attached hydrogen (secondary N) is 1. The van der Waals surface area contributed by atoms with Crippen LogP contribution in [0.1, 0.15) is 22.3 Å². The number of amides is 1. The van der Waals surface area contributed by atoms with Crippen molar-refractivity contribution in [2.75, 3.05) is 30.3 Å². The largest absolute Gasteiger partial charge is 0.322 e. The quantitative estimate of drug-likeness (QED) is 0.560. The van der Waals surface area contributed by atoms with E-state index in [1.165, 1.54) is 42.7 Å². The molecule has 34 heavy (non-hydrogen) atoms. The summed E-state index contributed by atoms with van der Waals surface area (Å²) < 4.78 is 53.2. The van der Waals surface area contributed by atoms with E-state index >= 15 is 0 Å². The van der Waals surface area contributed by atoms with Gasteiger partial charge in [0.25, 0.3) is 15.9 Å². The first-order valence-electron chi connectivity index (χ1n) is 10.7. The van der Waals surface area contributed by atoms with Crippen molar-refractivity contribution in [2.45, 2.75) is 22.6 Å². The van der Waals surface area contributed by atoms with Gasteiger partial charge in [-0.15, -0.1) is 0 Å². The summed E-state index contributed by atoms with van der Waals surface area (Å²) in [7, 11) is -4.38. The molecular formula is C24H25N3O5S2. The standard InChI is InChI=1S/C24H25N3O5S2/c1-26(2)33(29,30)22-13-10-18(11-14-22)24(28)25-20-12-15-23-19(17-20)7-6-16-27(23)34(31,32)21-8-4-3-5-9-21/h3-5,8-15,17H,6-7,16H2,1-2H3,(H,25,28). The van der Waals surface area contributed by atoms with Gasteiger partial charge in [0.2, 0.25) is 10.0 Å². The second-order valence-electron chi connectivity index (χ2n) is 8.10. The van der Waals surface area contributed by atoms with Crippen LogP contribution in [0.3, 0.4) is 0 Å². The van der Waals surface area contributed by atoms with Gasteiger partial charge in [0.1, 0.15) is 0 Å². The van der Waals surface area contributed by atoms with E-state index in [-0.39, 0.29) is 9.79 Å². The Hall–Kier alpha value is -3.21. The van der Waals surface area contributed by atoms with E-state index < -0.39 is 26.0 Å². The highest BCUT2D eigenvalue weighted by Crippen LogP contribution is 2.34. The number of hydrogen-bond acceptors (Lipinski definition) is 5. The topological polar surface area (TPSA) is 104 Å². The monoisotopic (exact) mass is 499 g/mol. The highest BCUT2D eigenvalue weighted by atomic mass is 32.2. The van der Waals surface area contributed by atoms with Gasteiger partial charge in [0.15, 0.2) is 0 Å². The fraction of sp³-hybridized carbons (Fsp3) is 0.208. The molecule has 1 aliphatic heterocycles. The molecule has 1 heterocycles. The maximum atomic E-state index is 13.1. The molecule has 0 unspecified atom stereocenters. The second kappa shape index (κ2) is 9.21. The maximum absolute atomic E-state index is 13.1. The van der Waals surface area contributed by atoms with Gasteiger partial charge in [-0.1, -0.05) is 18.2 Å². The van der Waals surface area contributed by atoms with Crippen LogP contribution in [-0.4, -0.2) is 47.7 Å². The third-order valence-electron chi connectivity index (χ3n) is 5.64. The Morgan fingerprint density at radius 1 is 0.882 bits per heavy atom. The molecule has 0 aliphatic carbocycles. The lowest BCUT2D eigenvalue weighted by molar-refractivity contribution is 0.102. The minimum Gasteiger partial charge on any atom is -0.322 e. The molecule has 3 aromatic carbocycles. The molecule has 8 nitrogen and oxygen atoms in total. The van der Waals surface area contributed by atoms with E-state index in [1.54, 1.807) is 48.5 Å². The molecule has 1 amide bonds. The summed E-state index contributed by atoms with van der Waals surface area (Å²) >= 11 is 0. The van der Waals surface area contributed by atoms with Gasteiger partial charge in [-0.25, -0.2) is 21.1 Å². The van der Waals surface area contributed by atoms with Gasteiger partial charge in [-0.3, -0.25) is 9.10 Å². The summed E-state index contributed by atoms with van der Waals surface area (Å²) in [6.07, 6.45) is 1.36. The van der Waals surface area contributed by atoms with E-state index in [2.05, 4.69) is 5.32 Å². The van der Waals surface area contributed by atoms with Crippen molar-refractivity contribution < 1.29 is 21.6 Å². The third kappa shape index (κ3) is 4.56. The summed E-state index contributed by atoms with van der Waals surface area (Å²) in [5, 5.41) is 2.81. The zero-order valence-corrected chi connectivity index (χ0v) is 20.4. The van der Waals surface area contributed by atoms with Gasteiger partial charge in [-0.05, 0) is 73.0 Å². The Morgan fingerprint density at radius 3 is 2.21 bits per heavy atom. The fourth-order valence-electron chi connectivity index (χ4n) is 3.80. The molecule has 10 heteroatoms. The van der Waals surface area contributed by atoms with Crippen LogP contribution in [0.4, 0.5) is 11.4 Å². The van der Waals surface area contributed by atoms with Crippen LogP contribution in [0.15, 0.2) is 82.6 Å². The van der Waals surface area contributed by atoms with Gasteiger partial charge in [0, 0.05) is 31.9 Å². The normalized spacial score (nSPS) is 14.0. The summed E-state index contributed by atoms with van der Waals surface area (Å²) in [4.78, 5) is 13.0. The highest BCUT2D eigenvalue weighted by Gasteiger charge is 2.29. The van der Waals surface area contributed by atoms with Crippen molar-refractivity contribution in [3.05, 3.63) is 83.9 Å². The van der Waals surface area contributed by atoms with E-state index in [0.717, 1.165) is 9.87 Å². The predicted molar refractivity (Wildman–Crippen MR) is 131 cm³/mol. The summed E-state index contributed by atoms with van der Waals surface area (Å²) in [5.74, 6) is -0.390. The van der Waals surface area contributed by atoms with Crippen LogP contribution >= 0.6 is 0 Å². The number of carbonyl (C=O) groups is 1. The van der Waals surface area contributed by atoms with Gasteiger partial charge in [0.05, 0.1) is 15.5 Å². The lowest BCUT2D eigenvalue weighted by Crippen LogP contribution is -2.35. The Balaban J connectivity index is 1.55. The van der Waals surface area contributed by atoms with Crippen molar-refractivity contribution in [3.63, 3.8) is 0 Å². The number of sulfonamides is 2. The second-order valence-corrected chi connectivity index (χ2v) is 12.1. The molecule has 0 aromatic heterocycles. The number of aryl methyl sites for hydroxylation is 1. The lowest BCUT2D eigenvalue weighted by Gasteiger charge is -2.30. The minimum atomic E-state index is -3.68. The predicted octanol–water partition coefficient (Wildman–Crippen LogP) is 3.33. The average molecular weight is 500 g/mol. The SMILES string of the molecule is CN(C)S(=O)(=O)c1ccc(C(=O)Nc2ccc3c(c2)CCCN3S(=O)(=O)c2ccccc2)cc1. The summed E-state index contributed by atoms with van der Waals surface area (Å²) in [5.41, 5.74) is 2.28. The third-order valence-corrected chi connectivity index (χ3v) is 9.30. The number of carbonyl (C=O) groups excluding carboxylic acids is 1. The average Bonchev–Trinajstić information content (AvgIpc) is 2.84. The van der Waals surface area contributed by atoms with Crippen molar-refractivity contribution in [2.24, 2.45) is 0 Å². The number of hydrogen-bond donors (Lipinski definition) is 1. The first kappa shape index (κ1) is 23.9. The molecule has 0 spiro atoms. The zero-order valence-electron chi connectivity index (χ0n) is 18.8. The number of fused-ring (bicyclic) bond motifs is 1. The Kier molecular flexibility index (Phi) is 6.48.